The number of hydrogen-bond donors (Lipinski definition) is 0. The van der Waals surface area contributed by atoms with E-state index >= 15 is 0 Å². The minimum atomic E-state index is -4.73. The molecule has 3 rings (SSSR count). The summed E-state index contributed by atoms with van der Waals surface area (Å²) in [4.78, 5) is 23.5. The molecule has 2 aromatic heterocycles. The van der Waals surface area contributed by atoms with Crippen molar-refractivity contribution < 1.29 is 31.7 Å². The normalized spacial score (nSPS) is 18.4. The molecule has 12 heteroatoms. The molecule has 1 atom stereocenters. The van der Waals surface area contributed by atoms with Crippen LogP contribution in [-0.4, -0.2) is 39.0 Å². The van der Waals surface area contributed by atoms with Crippen LogP contribution in [0.4, 0.5) is 19.1 Å². The second-order valence-electron chi connectivity index (χ2n) is 5.43. The highest BCUT2D eigenvalue weighted by Gasteiger charge is 2.39. The lowest BCUT2D eigenvalue weighted by molar-refractivity contribution is -0.402. The summed E-state index contributed by atoms with van der Waals surface area (Å²) in [5.74, 6) is -3.56. The first-order valence-electron chi connectivity index (χ1n) is 7.20. The van der Waals surface area contributed by atoms with Gasteiger partial charge in [0.1, 0.15) is 4.92 Å². The number of nitrogens with zero attached hydrogens (tertiary/aromatic N) is 4. The van der Waals surface area contributed by atoms with Gasteiger partial charge in [0.05, 0.1) is 12.0 Å². The van der Waals surface area contributed by atoms with Crippen molar-refractivity contribution >= 4 is 11.8 Å². The third kappa shape index (κ3) is 3.46. The summed E-state index contributed by atoms with van der Waals surface area (Å²) in [6, 6.07) is 2.24. The largest absolute Gasteiger partial charge is 0.470 e. The summed E-state index contributed by atoms with van der Waals surface area (Å²) < 4.78 is 47.1. The standard InChI is InChI=1S/C13H11F3N4O5/c14-13(15,16)12-18-17-10(25-12)7-2-1-5-19(6-7)11(21)8-3-4-9(24-8)20(22)23/h3-4,7H,1-2,5-6H2. The number of piperidine rings is 1. The zero-order valence-electron chi connectivity index (χ0n) is 12.5. The molecule has 0 radical (unpaired) electrons. The lowest BCUT2D eigenvalue weighted by Gasteiger charge is -2.30. The maximum absolute atomic E-state index is 12.5. The number of alkyl halides is 3. The van der Waals surface area contributed by atoms with Gasteiger partial charge in [-0.3, -0.25) is 14.9 Å². The number of rotatable bonds is 3. The Morgan fingerprint density at radius 1 is 1.32 bits per heavy atom. The number of hydrogen-bond acceptors (Lipinski definition) is 7. The van der Waals surface area contributed by atoms with E-state index in [-0.39, 0.29) is 18.2 Å². The topological polar surface area (TPSA) is 116 Å². The Balaban J connectivity index is 1.73. The lowest BCUT2D eigenvalue weighted by Crippen LogP contribution is -2.39. The van der Waals surface area contributed by atoms with E-state index in [1.165, 1.54) is 11.0 Å². The Labute approximate surface area is 137 Å². The summed E-state index contributed by atoms with van der Waals surface area (Å²) in [6.45, 7) is 0.386. The van der Waals surface area contributed by atoms with Gasteiger partial charge in [-0.2, -0.15) is 13.2 Å². The molecule has 1 aliphatic heterocycles. The van der Waals surface area contributed by atoms with E-state index in [0.29, 0.717) is 19.4 Å². The van der Waals surface area contributed by atoms with Gasteiger partial charge in [-0.1, -0.05) is 0 Å². The number of amides is 1. The molecule has 134 valence electrons. The Morgan fingerprint density at radius 2 is 2.08 bits per heavy atom. The molecule has 1 unspecified atom stereocenters. The van der Waals surface area contributed by atoms with Gasteiger partial charge in [-0.25, -0.2) is 0 Å². The number of aromatic nitrogens is 2. The molecule has 0 aliphatic carbocycles. The highest BCUT2D eigenvalue weighted by molar-refractivity contribution is 5.91. The van der Waals surface area contributed by atoms with E-state index in [0.717, 1.165) is 6.07 Å². The Morgan fingerprint density at radius 3 is 2.68 bits per heavy atom. The maximum Gasteiger partial charge on any atom is 0.470 e. The predicted octanol–water partition coefficient (Wildman–Crippen LogP) is 2.61. The molecule has 1 aliphatic rings. The minimum absolute atomic E-state index is 0.0484. The summed E-state index contributed by atoms with van der Waals surface area (Å²) in [6.07, 6.45) is -3.76. The molecule has 25 heavy (non-hydrogen) atoms. The van der Waals surface area contributed by atoms with Crippen LogP contribution < -0.4 is 0 Å². The number of carbonyl (C=O) groups excluding carboxylic acids is 1. The smallest absolute Gasteiger partial charge is 0.417 e. The first kappa shape index (κ1) is 16.9. The van der Waals surface area contributed by atoms with Crippen molar-refractivity contribution in [3.05, 3.63) is 39.8 Å². The highest BCUT2D eigenvalue weighted by Crippen LogP contribution is 2.32. The zero-order valence-corrected chi connectivity index (χ0v) is 12.5. The number of nitro groups is 1. The highest BCUT2D eigenvalue weighted by atomic mass is 19.4. The average Bonchev–Trinajstić information content (AvgIpc) is 3.23. The SMILES string of the molecule is O=C(c1ccc([N+](=O)[O-])o1)N1CCCC(c2nnc(C(F)(F)F)o2)C1. The van der Waals surface area contributed by atoms with Gasteiger partial charge in [0.25, 0.3) is 5.91 Å². The molecule has 1 saturated heterocycles. The molecule has 1 amide bonds. The van der Waals surface area contributed by atoms with Gasteiger partial charge in [-0.05, 0) is 18.9 Å². The van der Waals surface area contributed by atoms with E-state index in [2.05, 4.69) is 14.6 Å². The van der Waals surface area contributed by atoms with Crippen molar-refractivity contribution in [2.45, 2.75) is 24.9 Å². The molecule has 0 saturated carbocycles. The summed E-state index contributed by atoms with van der Waals surface area (Å²) in [5.41, 5.74) is 0. The van der Waals surface area contributed by atoms with E-state index in [9.17, 15) is 28.1 Å². The van der Waals surface area contributed by atoms with E-state index in [4.69, 9.17) is 4.42 Å². The van der Waals surface area contributed by atoms with Crippen LogP contribution in [0.3, 0.4) is 0 Å². The monoisotopic (exact) mass is 360 g/mol. The van der Waals surface area contributed by atoms with Crippen LogP contribution in [0.2, 0.25) is 0 Å². The third-order valence-corrected chi connectivity index (χ3v) is 3.72. The predicted molar refractivity (Wildman–Crippen MR) is 72.5 cm³/mol. The molecular weight excluding hydrogens is 349 g/mol. The van der Waals surface area contributed by atoms with Crippen molar-refractivity contribution in [2.24, 2.45) is 0 Å². The fourth-order valence-corrected chi connectivity index (χ4v) is 2.57. The van der Waals surface area contributed by atoms with Crippen LogP contribution in [0.5, 0.6) is 0 Å². The Kier molecular flexibility index (Phi) is 4.18. The Hall–Kier alpha value is -2.92. The molecule has 0 N–H and O–H groups in total. The first-order chi connectivity index (χ1) is 11.8. The van der Waals surface area contributed by atoms with Crippen molar-refractivity contribution in [3.63, 3.8) is 0 Å². The third-order valence-electron chi connectivity index (χ3n) is 3.72. The van der Waals surface area contributed by atoms with Crippen molar-refractivity contribution in [3.8, 4) is 0 Å². The second-order valence-corrected chi connectivity index (χ2v) is 5.43. The van der Waals surface area contributed by atoms with Gasteiger partial charge in [0.15, 0.2) is 5.76 Å². The van der Waals surface area contributed by atoms with Crippen molar-refractivity contribution in [1.82, 2.24) is 15.1 Å². The second kappa shape index (κ2) is 6.18. The van der Waals surface area contributed by atoms with Crippen LogP contribution in [0.15, 0.2) is 21.0 Å². The molecule has 0 bridgehead atoms. The number of furan rings is 1. The fourth-order valence-electron chi connectivity index (χ4n) is 2.57. The van der Waals surface area contributed by atoms with Gasteiger partial charge in [0.2, 0.25) is 5.89 Å². The molecule has 0 aromatic carbocycles. The van der Waals surface area contributed by atoms with Gasteiger partial charge in [0, 0.05) is 13.1 Å². The van der Waals surface area contributed by atoms with E-state index in [1.54, 1.807) is 0 Å². The van der Waals surface area contributed by atoms with Crippen LogP contribution in [0, 0.1) is 10.1 Å². The first-order valence-corrected chi connectivity index (χ1v) is 7.20. The molecule has 3 heterocycles. The summed E-state index contributed by atoms with van der Waals surface area (Å²) in [7, 11) is 0. The quantitative estimate of drug-likeness (QED) is 0.610. The number of likely N-dealkylation sites (tertiary alicyclic amines) is 1. The number of halogens is 3. The minimum Gasteiger partial charge on any atom is -0.417 e. The zero-order chi connectivity index (χ0) is 18.2. The molecule has 2 aromatic rings. The van der Waals surface area contributed by atoms with Crippen LogP contribution in [-0.2, 0) is 6.18 Å². The van der Waals surface area contributed by atoms with Gasteiger partial charge >= 0.3 is 18.0 Å². The fraction of sp³-hybridized carbons (Fsp3) is 0.462. The van der Waals surface area contributed by atoms with E-state index in [1.807, 2.05) is 0 Å². The van der Waals surface area contributed by atoms with Crippen molar-refractivity contribution in [2.75, 3.05) is 13.1 Å². The average molecular weight is 360 g/mol. The van der Waals surface area contributed by atoms with E-state index < -0.39 is 34.7 Å². The number of carbonyl (C=O) groups is 1. The molecule has 1 fully saturated rings. The van der Waals surface area contributed by atoms with Crippen LogP contribution in [0.1, 0.15) is 41.1 Å². The van der Waals surface area contributed by atoms with Crippen LogP contribution in [0.25, 0.3) is 0 Å². The Bertz CT molecular complexity index is 800. The maximum atomic E-state index is 12.5. The van der Waals surface area contributed by atoms with Crippen molar-refractivity contribution in [1.29, 1.82) is 0 Å². The summed E-state index contributed by atoms with van der Waals surface area (Å²) >= 11 is 0. The molecule has 9 nitrogen and oxygen atoms in total. The molecular formula is C13H11F3N4O5. The van der Waals surface area contributed by atoms with Crippen LogP contribution >= 0.6 is 0 Å². The lowest BCUT2D eigenvalue weighted by atomic mass is 9.98. The summed E-state index contributed by atoms with van der Waals surface area (Å²) in [5, 5.41) is 17.0. The molecule has 0 spiro atoms. The van der Waals surface area contributed by atoms with Gasteiger partial charge < -0.3 is 13.7 Å². The van der Waals surface area contributed by atoms with Gasteiger partial charge in [-0.15, -0.1) is 10.2 Å².